The molecule has 1 aliphatic carbocycles. The number of aromatic amines is 1. The van der Waals surface area contributed by atoms with E-state index in [0.29, 0.717) is 0 Å². The van der Waals surface area contributed by atoms with Crippen molar-refractivity contribution < 1.29 is 0 Å². The van der Waals surface area contributed by atoms with Crippen LogP contribution in [0.15, 0.2) is 48.7 Å². The lowest BCUT2D eigenvalue weighted by Gasteiger charge is -2.23. The fourth-order valence-electron chi connectivity index (χ4n) is 4.04. The first kappa shape index (κ1) is 14.1. The second-order valence-corrected chi connectivity index (χ2v) is 6.97. The van der Waals surface area contributed by atoms with Crippen LogP contribution in [0.25, 0.3) is 33.1 Å². The van der Waals surface area contributed by atoms with Crippen molar-refractivity contribution in [3.8, 4) is 11.3 Å². The minimum atomic E-state index is 0.776. The van der Waals surface area contributed by atoms with Gasteiger partial charge in [0.05, 0.1) is 5.52 Å². The molecule has 3 heteroatoms. The summed E-state index contributed by atoms with van der Waals surface area (Å²) in [5.74, 6) is 0. The lowest BCUT2D eigenvalue weighted by molar-refractivity contribution is 0.689. The molecule has 0 saturated heterocycles. The second-order valence-electron chi connectivity index (χ2n) is 6.54. The number of aromatic nitrogens is 2. The molecule has 0 aliphatic heterocycles. The predicted octanol–water partition coefficient (Wildman–Crippen LogP) is 5.92. The number of halogens is 1. The van der Waals surface area contributed by atoms with Gasteiger partial charge in [0.2, 0.25) is 0 Å². The monoisotopic (exact) mass is 332 g/mol. The molecule has 1 N–H and O–H groups in total. The van der Waals surface area contributed by atoms with Gasteiger partial charge in [-0.3, -0.25) is 4.98 Å². The number of hydrogen-bond acceptors (Lipinski definition) is 1. The summed E-state index contributed by atoms with van der Waals surface area (Å²) in [6, 6.07) is 14.6. The number of nitrogens with one attached hydrogen (secondary N) is 1. The Kier molecular flexibility index (Phi) is 3.14. The first-order valence-corrected chi connectivity index (χ1v) is 8.86. The van der Waals surface area contributed by atoms with Crippen molar-refractivity contribution in [2.45, 2.75) is 25.7 Å². The van der Waals surface area contributed by atoms with Crippen LogP contribution in [0.4, 0.5) is 0 Å². The lowest BCUT2D eigenvalue weighted by atomic mass is 9.85. The first-order valence-electron chi connectivity index (χ1n) is 8.48. The van der Waals surface area contributed by atoms with E-state index < -0.39 is 0 Å². The van der Waals surface area contributed by atoms with Gasteiger partial charge < -0.3 is 4.98 Å². The fourth-order valence-corrected chi connectivity index (χ4v) is 4.17. The van der Waals surface area contributed by atoms with Crippen LogP contribution in [-0.2, 0) is 12.8 Å². The molecular formula is C21H17ClN2. The van der Waals surface area contributed by atoms with Crippen molar-refractivity contribution >= 4 is 33.4 Å². The number of pyridine rings is 1. The Balaban J connectivity index is 1.88. The highest BCUT2D eigenvalue weighted by Crippen LogP contribution is 2.38. The molecule has 24 heavy (non-hydrogen) atoms. The van der Waals surface area contributed by atoms with Crippen LogP contribution in [0.5, 0.6) is 0 Å². The van der Waals surface area contributed by atoms with Crippen molar-refractivity contribution in [2.24, 2.45) is 0 Å². The summed E-state index contributed by atoms with van der Waals surface area (Å²) >= 11 is 6.07. The van der Waals surface area contributed by atoms with Crippen molar-refractivity contribution in [1.82, 2.24) is 9.97 Å². The van der Waals surface area contributed by atoms with Gasteiger partial charge in [-0.15, -0.1) is 0 Å². The van der Waals surface area contributed by atoms with Crippen LogP contribution < -0.4 is 0 Å². The highest BCUT2D eigenvalue weighted by Gasteiger charge is 2.20. The Hall–Kier alpha value is -2.32. The maximum atomic E-state index is 6.07. The molecule has 118 valence electrons. The molecule has 0 amide bonds. The third-order valence-electron chi connectivity index (χ3n) is 5.14. The van der Waals surface area contributed by atoms with Crippen LogP contribution in [0.1, 0.15) is 24.0 Å². The van der Waals surface area contributed by atoms with Crippen LogP contribution in [0.3, 0.4) is 0 Å². The van der Waals surface area contributed by atoms with Gasteiger partial charge in [0, 0.05) is 33.2 Å². The summed E-state index contributed by atoms with van der Waals surface area (Å²) in [5, 5.41) is 3.40. The van der Waals surface area contributed by atoms with E-state index in [1.54, 1.807) is 0 Å². The van der Waals surface area contributed by atoms with Gasteiger partial charge >= 0.3 is 0 Å². The molecule has 1 aliphatic rings. The number of benzene rings is 2. The number of fused-ring (bicyclic) bond motifs is 5. The van der Waals surface area contributed by atoms with Gasteiger partial charge in [0.1, 0.15) is 0 Å². The van der Waals surface area contributed by atoms with Crippen LogP contribution >= 0.6 is 11.6 Å². The molecule has 2 nitrogen and oxygen atoms in total. The Morgan fingerprint density at radius 3 is 2.50 bits per heavy atom. The molecule has 2 aromatic heterocycles. The molecule has 0 spiro atoms. The number of nitrogens with zero attached hydrogens (tertiary/aromatic N) is 1. The molecule has 2 heterocycles. The lowest BCUT2D eigenvalue weighted by Crippen LogP contribution is -2.07. The standard InChI is InChI=1S/C21H17ClN2/c22-14-7-5-13(6-8-14)21-16-4-2-1-3-15(16)20-17-11-12-23-18(17)9-10-19(20)24-21/h5-12,24H,1-4H2. The van der Waals surface area contributed by atoms with Gasteiger partial charge in [0.15, 0.2) is 0 Å². The maximum Gasteiger partial charge on any atom is 0.0710 e. The van der Waals surface area contributed by atoms with E-state index in [9.17, 15) is 0 Å². The molecule has 0 saturated carbocycles. The highest BCUT2D eigenvalue weighted by atomic mass is 35.5. The summed E-state index contributed by atoms with van der Waals surface area (Å²) in [4.78, 5) is 8.18. The van der Waals surface area contributed by atoms with E-state index in [-0.39, 0.29) is 0 Å². The Labute approximate surface area is 145 Å². The van der Waals surface area contributed by atoms with E-state index in [0.717, 1.165) is 23.4 Å². The smallest absolute Gasteiger partial charge is 0.0710 e. The van der Waals surface area contributed by atoms with Crippen LogP contribution in [-0.4, -0.2) is 9.97 Å². The molecule has 2 aromatic carbocycles. The van der Waals surface area contributed by atoms with Crippen LogP contribution in [0.2, 0.25) is 5.02 Å². The Bertz CT molecular complexity index is 1060. The zero-order chi connectivity index (χ0) is 16.1. The summed E-state index contributed by atoms with van der Waals surface area (Å²) in [5.41, 5.74) is 7.69. The van der Waals surface area contributed by atoms with Gasteiger partial charge in [-0.05, 0) is 72.7 Å². The van der Waals surface area contributed by atoms with Gasteiger partial charge in [-0.1, -0.05) is 23.7 Å². The average molecular weight is 333 g/mol. The molecule has 5 rings (SSSR count). The van der Waals surface area contributed by atoms with E-state index >= 15 is 0 Å². The average Bonchev–Trinajstić information content (AvgIpc) is 3.10. The quantitative estimate of drug-likeness (QED) is 0.461. The molecular weight excluding hydrogens is 316 g/mol. The van der Waals surface area contributed by atoms with Crippen LogP contribution in [0, 0.1) is 0 Å². The second kappa shape index (κ2) is 5.35. The van der Waals surface area contributed by atoms with E-state index in [2.05, 4.69) is 40.3 Å². The molecule has 0 unspecified atom stereocenters. The SMILES string of the molecule is Clc1ccc(-c2[nH]c3ccc4nccc4c3c3c2CCCC3)cc1. The number of hydrogen-bond donors (Lipinski definition) is 1. The van der Waals surface area contributed by atoms with Gasteiger partial charge in [0.25, 0.3) is 0 Å². The summed E-state index contributed by atoms with van der Waals surface area (Å²) in [7, 11) is 0. The number of rotatable bonds is 1. The summed E-state index contributed by atoms with van der Waals surface area (Å²) < 4.78 is 0. The molecule has 0 fully saturated rings. The molecule has 4 aromatic rings. The maximum absolute atomic E-state index is 6.07. The minimum Gasteiger partial charge on any atom is -0.354 e. The van der Waals surface area contributed by atoms with E-state index in [4.69, 9.17) is 11.6 Å². The third-order valence-corrected chi connectivity index (χ3v) is 5.39. The van der Waals surface area contributed by atoms with Crippen molar-refractivity contribution in [3.63, 3.8) is 0 Å². The number of aryl methyl sites for hydroxylation is 1. The van der Waals surface area contributed by atoms with Crippen molar-refractivity contribution in [1.29, 1.82) is 0 Å². The Morgan fingerprint density at radius 1 is 0.875 bits per heavy atom. The topological polar surface area (TPSA) is 28.7 Å². The molecule has 0 atom stereocenters. The zero-order valence-corrected chi connectivity index (χ0v) is 14.0. The third kappa shape index (κ3) is 2.06. The first-order chi connectivity index (χ1) is 11.8. The summed E-state index contributed by atoms with van der Waals surface area (Å²) in [6.45, 7) is 0. The molecule has 0 bridgehead atoms. The van der Waals surface area contributed by atoms with Crippen molar-refractivity contribution in [2.75, 3.05) is 0 Å². The largest absolute Gasteiger partial charge is 0.354 e. The zero-order valence-electron chi connectivity index (χ0n) is 13.3. The predicted molar refractivity (Wildman–Crippen MR) is 101 cm³/mol. The molecule has 0 radical (unpaired) electrons. The van der Waals surface area contributed by atoms with Gasteiger partial charge in [-0.25, -0.2) is 0 Å². The van der Waals surface area contributed by atoms with E-state index in [1.165, 1.54) is 51.5 Å². The van der Waals surface area contributed by atoms with E-state index in [1.807, 2.05) is 18.3 Å². The number of H-pyrrole nitrogens is 1. The normalized spacial score (nSPS) is 14.2. The minimum absolute atomic E-state index is 0.776. The van der Waals surface area contributed by atoms with Crippen molar-refractivity contribution in [3.05, 3.63) is 64.8 Å². The highest BCUT2D eigenvalue weighted by molar-refractivity contribution is 6.30. The van der Waals surface area contributed by atoms with Gasteiger partial charge in [-0.2, -0.15) is 0 Å². The summed E-state index contributed by atoms with van der Waals surface area (Å²) in [6.07, 6.45) is 6.70. The fraction of sp³-hybridized carbons (Fsp3) is 0.190. The Morgan fingerprint density at radius 2 is 1.67 bits per heavy atom.